The first-order valence-electron chi connectivity index (χ1n) is 9.98. The third kappa shape index (κ3) is 3.40. The van der Waals surface area contributed by atoms with Gasteiger partial charge in [0, 0.05) is 30.7 Å². The molecule has 1 fully saturated rings. The third-order valence-electron chi connectivity index (χ3n) is 5.47. The van der Waals surface area contributed by atoms with Gasteiger partial charge in [0.15, 0.2) is 5.65 Å². The lowest BCUT2D eigenvalue weighted by Gasteiger charge is -2.32. The molecule has 2 aromatic heterocycles. The van der Waals surface area contributed by atoms with Crippen LogP contribution in [0.25, 0.3) is 22.3 Å². The molecule has 0 bridgehead atoms. The minimum absolute atomic E-state index is 0.0628. The van der Waals surface area contributed by atoms with E-state index < -0.39 is 0 Å². The Morgan fingerprint density at radius 2 is 2.04 bits per heavy atom. The molecule has 1 aliphatic heterocycles. The summed E-state index contributed by atoms with van der Waals surface area (Å²) in [5.41, 5.74) is 3.26. The quantitative estimate of drug-likeness (QED) is 0.756. The fourth-order valence-electron chi connectivity index (χ4n) is 3.90. The van der Waals surface area contributed by atoms with Crippen molar-refractivity contribution in [3.05, 3.63) is 48.2 Å². The van der Waals surface area contributed by atoms with Crippen molar-refractivity contribution in [3.8, 4) is 11.3 Å². The highest BCUT2D eigenvalue weighted by Crippen LogP contribution is 2.28. The molecule has 4 rings (SSSR count). The van der Waals surface area contributed by atoms with Crippen LogP contribution in [-0.2, 0) is 0 Å². The highest BCUT2D eigenvalue weighted by molar-refractivity contribution is 6.06. The Kier molecular flexibility index (Phi) is 5.13. The Morgan fingerprint density at radius 1 is 1.25 bits per heavy atom. The molecule has 28 heavy (non-hydrogen) atoms. The van der Waals surface area contributed by atoms with Gasteiger partial charge in [0.1, 0.15) is 0 Å². The zero-order valence-electron chi connectivity index (χ0n) is 16.7. The Balaban J connectivity index is 1.83. The van der Waals surface area contributed by atoms with Gasteiger partial charge in [-0.05, 0) is 39.8 Å². The van der Waals surface area contributed by atoms with Crippen molar-refractivity contribution in [1.82, 2.24) is 25.0 Å². The summed E-state index contributed by atoms with van der Waals surface area (Å²) in [4.78, 5) is 20.3. The van der Waals surface area contributed by atoms with Crippen LogP contribution in [0.5, 0.6) is 0 Å². The van der Waals surface area contributed by atoms with Crippen LogP contribution in [0.3, 0.4) is 0 Å². The van der Waals surface area contributed by atoms with Crippen molar-refractivity contribution in [2.45, 2.75) is 38.8 Å². The van der Waals surface area contributed by atoms with Crippen molar-refractivity contribution in [2.75, 3.05) is 20.1 Å². The number of pyridine rings is 1. The first-order valence-corrected chi connectivity index (χ1v) is 9.98. The molecule has 1 N–H and O–H groups in total. The van der Waals surface area contributed by atoms with Crippen molar-refractivity contribution in [2.24, 2.45) is 0 Å². The predicted molar refractivity (Wildman–Crippen MR) is 111 cm³/mol. The summed E-state index contributed by atoms with van der Waals surface area (Å²) in [6.07, 6.45) is 3.90. The summed E-state index contributed by atoms with van der Waals surface area (Å²) in [7, 11) is 1.96. The van der Waals surface area contributed by atoms with Gasteiger partial charge in [-0.2, -0.15) is 5.10 Å². The van der Waals surface area contributed by atoms with E-state index in [-0.39, 0.29) is 11.9 Å². The van der Waals surface area contributed by atoms with E-state index in [1.165, 1.54) is 0 Å². The standard InChI is InChI=1S/C22H27N5O/c1-15(2)27-21-19(13-24-27)18(12-20(25-21)16-8-5-4-6-9-16)22(28)26-11-7-10-17(14-26)23-3/h4-6,8-9,12-13,15,17,23H,7,10-11,14H2,1-3H3. The third-order valence-corrected chi connectivity index (χ3v) is 5.47. The zero-order chi connectivity index (χ0) is 19.7. The van der Waals surface area contributed by atoms with Crippen molar-refractivity contribution >= 4 is 16.9 Å². The van der Waals surface area contributed by atoms with Crippen LogP contribution < -0.4 is 5.32 Å². The molecule has 0 saturated carbocycles. The summed E-state index contributed by atoms with van der Waals surface area (Å²) < 4.78 is 1.89. The van der Waals surface area contributed by atoms with Gasteiger partial charge in [0.25, 0.3) is 5.91 Å². The van der Waals surface area contributed by atoms with Gasteiger partial charge in [-0.1, -0.05) is 30.3 Å². The molecule has 6 heteroatoms. The normalized spacial score (nSPS) is 17.4. The number of piperidine rings is 1. The Hall–Kier alpha value is -2.73. The zero-order valence-corrected chi connectivity index (χ0v) is 16.7. The molecule has 1 aliphatic rings. The van der Waals surface area contributed by atoms with Gasteiger partial charge >= 0.3 is 0 Å². The summed E-state index contributed by atoms with van der Waals surface area (Å²) >= 11 is 0. The number of amides is 1. The van der Waals surface area contributed by atoms with Gasteiger partial charge in [-0.3, -0.25) is 4.79 Å². The van der Waals surface area contributed by atoms with Crippen LogP contribution in [0.2, 0.25) is 0 Å². The topological polar surface area (TPSA) is 63.1 Å². The van der Waals surface area contributed by atoms with Gasteiger partial charge in [-0.25, -0.2) is 9.67 Å². The number of carbonyl (C=O) groups is 1. The first kappa shape index (κ1) is 18.6. The van der Waals surface area contributed by atoms with E-state index in [0.717, 1.165) is 48.2 Å². The number of likely N-dealkylation sites (N-methyl/N-ethyl adjacent to an activating group) is 1. The highest BCUT2D eigenvalue weighted by atomic mass is 16.2. The van der Waals surface area contributed by atoms with E-state index in [0.29, 0.717) is 11.6 Å². The van der Waals surface area contributed by atoms with E-state index in [1.54, 1.807) is 6.20 Å². The molecule has 1 aromatic carbocycles. The lowest BCUT2D eigenvalue weighted by atomic mass is 10.0. The Labute approximate surface area is 165 Å². The number of fused-ring (bicyclic) bond motifs is 1. The van der Waals surface area contributed by atoms with E-state index >= 15 is 0 Å². The summed E-state index contributed by atoms with van der Waals surface area (Å²) in [5.74, 6) is 0.0628. The molecular formula is C22H27N5O. The second-order valence-electron chi connectivity index (χ2n) is 7.72. The number of aromatic nitrogens is 3. The molecule has 3 aromatic rings. The molecule has 1 saturated heterocycles. The fourth-order valence-corrected chi connectivity index (χ4v) is 3.90. The number of nitrogens with one attached hydrogen (secondary N) is 1. The van der Waals surface area contributed by atoms with Crippen molar-refractivity contribution in [3.63, 3.8) is 0 Å². The highest BCUT2D eigenvalue weighted by Gasteiger charge is 2.26. The van der Waals surface area contributed by atoms with Gasteiger partial charge in [0.05, 0.1) is 22.8 Å². The maximum Gasteiger partial charge on any atom is 0.254 e. The van der Waals surface area contributed by atoms with Gasteiger partial charge in [-0.15, -0.1) is 0 Å². The SMILES string of the molecule is CNC1CCCN(C(=O)c2cc(-c3ccccc3)nc3c2cnn3C(C)C)C1. The van der Waals surface area contributed by atoms with E-state index in [9.17, 15) is 4.79 Å². The minimum atomic E-state index is 0.0628. The number of benzene rings is 1. The Bertz CT molecular complexity index is 979. The second kappa shape index (κ2) is 7.72. The largest absolute Gasteiger partial charge is 0.337 e. The summed E-state index contributed by atoms with van der Waals surface area (Å²) in [5, 5.41) is 8.65. The summed E-state index contributed by atoms with van der Waals surface area (Å²) in [6.45, 7) is 5.68. The van der Waals surface area contributed by atoms with E-state index in [4.69, 9.17) is 4.98 Å². The van der Waals surface area contributed by atoms with Crippen LogP contribution >= 0.6 is 0 Å². The molecule has 146 valence electrons. The number of hydrogen-bond donors (Lipinski definition) is 1. The number of nitrogens with zero attached hydrogens (tertiary/aromatic N) is 4. The molecule has 3 heterocycles. The molecule has 0 radical (unpaired) electrons. The minimum Gasteiger partial charge on any atom is -0.337 e. The molecule has 1 unspecified atom stereocenters. The van der Waals surface area contributed by atoms with Gasteiger partial charge < -0.3 is 10.2 Å². The molecule has 0 aliphatic carbocycles. The second-order valence-corrected chi connectivity index (χ2v) is 7.72. The van der Waals surface area contributed by atoms with E-state index in [1.807, 2.05) is 53.0 Å². The smallest absolute Gasteiger partial charge is 0.254 e. The van der Waals surface area contributed by atoms with Crippen LogP contribution in [0, 0.1) is 0 Å². The van der Waals surface area contributed by atoms with Crippen molar-refractivity contribution < 1.29 is 4.79 Å². The first-order chi connectivity index (χ1) is 13.6. The van der Waals surface area contributed by atoms with Crippen LogP contribution in [0.15, 0.2) is 42.6 Å². The van der Waals surface area contributed by atoms with E-state index in [2.05, 4.69) is 24.3 Å². The van der Waals surface area contributed by atoms with Crippen LogP contribution in [0.1, 0.15) is 43.1 Å². The summed E-state index contributed by atoms with van der Waals surface area (Å²) in [6, 6.07) is 12.5. The lowest BCUT2D eigenvalue weighted by Crippen LogP contribution is -2.47. The molecule has 1 atom stereocenters. The maximum absolute atomic E-state index is 13.5. The number of rotatable bonds is 4. The van der Waals surface area contributed by atoms with Gasteiger partial charge in [0.2, 0.25) is 0 Å². The fraction of sp³-hybridized carbons (Fsp3) is 0.409. The number of likely N-dealkylation sites (tertiary alicyclic amines) is 1. The average Bonchev–Trinajstić information content (AvgIpc) is 3.17. The molecular weight excluding hydrogens is 350 g/mol. The molecule has 0 spiro atoms. The number of hydrogen-bond acceptors (Lipinski definition) is 4. The monoisotopic (exact) mass is 377 g/mol. The average molecular weight is 377 g/mol. The molecule has 1 amide bonds. The molecule has 6 nitrogen and oxygen atoms in total. The van der Waals surface area contributed by atoms with Crippen LogP contribution in [-0.4, -0.2) is 51.8 Å². The predicted octanol–water partition coefficient (Wildman–Crippen LogP) is 3.50. The number of carbonyl (C=O) groups excluding carboxylic acids is 1. The Morgan fingerprint density at radius 3 is 2.75 bits per heavy atom. The van der Waals surface area contributed by atoms with Crippen molar-refractivity contribution in [1.29, 1.82) is 0 Å². The lowest BCUT2D eigenvalue weighted by molar-refractivity contribution is 0.0700. The van der Waals surface area contributed by atoms with Crippen LogP contribution in [0.4, 0.5) is 0 Å². The maximum atomic E-state index is 13.5.